The summed E-state index contributed by atoms with van der Waals surface area (Å²) < 4.78 is 42.7. The standard InChI is InChI=1S/C19H15F3N2O2/c20-19(21,22)15-8-6-13(7-9-15)10-11-23-18(25)16-12-17(26-24-16)14-4-2-1-3-5-14/h1-9,12H,10-11H2,(H,23,25). The predicted octanol–water partition coefficient (Wildman–Crippen LogP) is 4.33. The van der Waals surface area contributed by atoms with Gasteiger partial charge in [0.25, 0.3) is 5.91 Å². The van der Waals surface area contributed by atoms with Crippen molar-refractivity contribution in [3.05, 3.63) is 77.5 Å². The van der Waals surface area contributed by atoms with Crippen molar-refractivity contribution in [2.24, 2.45) is 0 Å². The number of rotatable bonds is 5. The zero-order chi connectivity index (χ0) is 18.6. The number of aromatic nitrogens is 1. The van der Waals surface area contributed by atoms with E-state index in [9.17, 15) is 18.0 Å². The molecule has 0 bridgehead atoms. The molecule has 0 saturated heterocycles. The van der Waals surface area contributed by atoms with Crippen LogP contribution in [0.2, 0.25) is 0 Å². The number of carbonyl (C=O) groups excluding carboxylic acids is 1. The Morgan fingerprint density at radius 2 is 1.73 bits per heavy atom. The van der Waals surface area contributed by atoms with Crippen LogP contribution in [0.3, 0.4) is 0 Å². The fourth-order valence-electron chi connectivity index (χ4n) is 2.39. The van der Waals surface area contributed by atoms with Crippen molar-refractivity contribution in [1.82, 2.24) is 10.5 Å². The lowest BCUT2D eigenvalue weighted by Gasteiger charge is -2.08. The highest BCUT2D eigenvalue weighted by Gasteiger charge is 2.29. The van der Waals surface area contributed by atoms with Crippen LogP contribution in [0, 0.1) is 0 Å². The topological polar surface area (TPSA) is 55.1 Å². The molecule has 0 aliphatic rings. The third-order valence-electron chi connectivity index (χ3n) is 3.78. The van der Waals surface area contributed by atoms with E-state index in [-0.39, 0.29) is 12.2 Å². The van der Waals surface area contributed by atoms with Crippen LogP contribution >= 0.6 is 0 Å². The summed E-state index contributed by atoms with van der Waals surface area (Å²) in [5.74, 6) is 0.0846. The molecule has 0 saturated carbocycles. The van der Waals surface area contributed by atoms with Crippen LogP contribution in [-0.2, 0) is 12.6 Å². The van der Waals surface area contributed by atoms with Gasteiger partial charge in [-0.25, -0.2) is 0 Å². The fraction of sp³-hybridized carbons (Fsp3) is 0.158. The van der Waals surface area contributed by atoms with E-state index in [1.165, 1.54) is 12.1 Å². The number of amides is 1. The van der Waals surface area contributed by atoms with E-state index < -0.39 is 17.6 Å². The molecule has 134 valence electrons. The number of carbonyl (C=O) groups is 1. The highest BCUT2D eigenvalue weighted by molar-refractivity contribution is 5.93. The maximum Gasteiger partial charge on any atom is 0.416 e. The fourth-order valence-corrected chi connectivity index (χ4v) is 2.39. The van der Waals surface area contributed by atoms with E-state index in [1.54, 1.807) is 6.07 Å². The molecule has 1 N–H and O–H groups in total. The van der Waals surface area contributed by atoms with Gasteiger partial charge in [-0.05, 0) is 24.1 Å². The monoisotopic (exact) mass is 360 g/mol. The van der Waals surface area contributed by atoms with Crippen molar-refractivity contribution in [3.8, 4) is 11.3 Å². The molecule has 2 aromatic carbocycles. The molecule has 1 heterocycles. The van der Waals surface area contributed by atoms with E-state index in [2.05, 4.69) is 10.5 Å². The average molecular weight is 360 g/mol. The maximum atomic E-state index is 12.5. The molecule has 7 heteroatoms. The number of halogens is 3. The van der Waals surface area contributed by atoms with Gasteiger partial charge >= 0.3 is 6.18 Å². The molecule has 1 aromatic heterocycles. The summed E-state index contributed by atoms with van der Waals surface area (Å²) in [6.07, 6.45) is -3.94. The first-order valence-electron chi connectivity index (χ1n) is 7.90. The molecule has 26 heavy (non-hydrogen) atoms. The zero-order valence-corrected chi connectivity index (χ0v) is 13.6. The lowest BCUT2D eigenvalue weighted by molar-refractivity contribution is -0.137. The number of nitrogens with zero attached hydrogens (tertiary/aromatic N) is 1. The molecule has 0 fully saturated rings. The molecule has 0 unspecified atom stereocenters. The second-order valence-corrected chi connectivity index (χ2v) is 5.64. The second-order valence-electron chi connectivity index (χ2n) is 5.64. The van der Waals surface area contributed by atoms with Gasteiger partial charge in [-0.2, -0.15) is 13.2 Å². The Kier molecular flexibility index (Phi) is 5.06. The normalized spacial score (nSPS) is 11.3. The summed E-state index contributed by atoms with van der Waals surface area (Å²) in [6, 6.07) is 15.7. The minimum absolute atomic E-state index is 0.149. The summed E-state index contributed by atoms with van der Waals surface area (Å²) in [7, 11) is 0. The van der Waals surface area contributed by atoms with Gasteiger partial charge in [-0.1, -0.05) is 47.6 Å². The SMILES string of the molecule is O=C(NCCc1ccc(C(F)(F)F)cc1)c1cc(-c2ccccc2)on1. The molecule has 0 radical (unpaired) electrons. The smallest absolute Gasteiger partial charge is 0.355 e. The van der Waals surface area contributed by atoms with Gasteiger partial charge in [0.1, 0.15) is 0 Å². The Balaban J connectivity index is 1.54. The molecule has 1 amide bonds. The Bertz CT molecular complexity index is 872. The number of nitrogens with one attached hydrogen (secondary N) is 1. The minimum Gasteiger partial charge on any atom is -0.355 e. The molecule has 4 nitrogen and oxygen atoms in total. The Morgan fingerprint density at radius 3 is 2.38 bits per heavy atom. The van der Waals surface area contributed by atoms with Gasteiger partial charge in [-0.15, -0.1) is 0 Å². The first-order chi connectivity index (χ1) is 12.4. The van der Waals surface area contributed by atoms with Gasteiger partial charge < -0.3 is 9.84 Å². The van der Waals surface area contributed by atoms with Crippen molar-refractivity contribution in [2.45, 2.75) is 12.6 Å². The first kappa shape index (κ1) is 17.7. The van der Waals surface area contributed by atoms with Crippen molar-refractivity contribution in [1.29, 1.82) is 0 Å². The maximum absolute atomic E-state index is 12.5. The second kappa shape index (κ2) is 7.43. The van der Waals surface area contributed by atoms with Crippen molar-refractivity contribution >= 4 is 5.91 Å². The predicted molar refractivity (Wildman–Crippen MR) is 89.4 cm³/mol. The third kappa shape index (κ3) is 4.30. The van der Waals surface area contributed by atoms with E-state index in [0.717, 1.165) is 17.7 Å². The highest BCUT2D eigenvalue weighted by atomic mass is 19.4. The molecule has 0 atom stereocenters. The molecule has 3 aromatic rings. The number of alkyl halides is 3. The van der Waals surface area contributed by atoms with Crippen molar-refractivity contribution in [2.75, 3.05) is 6.54 Å². The number of hydrogen-bond donors (Lipinski definition) is 1. The van der Waals surface area contributed by atoms with Crippen LogP contribution in [0.4, 0.5) is 13.2 Å². The van der Waals surface area contributed by atoms with Crippen LogP contribution in [-0.4, -0.2) is 17.6 Å². The van der Waals surface area contributed by atoms with E-state index >= 15 is 0 Å². The van der Waals surface area contributed by atoms with Gasteiger partial charge in [0.05, 0.1) is 5.56 Å². The van der Waals surface area contributed by atoms with Crippen molar-refractivity contribution < 1.29 is 22.5 Å². The molecular weight excluding hydrogens is 345 g/mol. The van der Waals surface area contributed by atoms with E-state index in [1.807, 2.05) is 30.3 Å². The number of hydrogen-bond acceptors (Lipinski definition) is 3. The van der Waals surface area contributed by atoms with Crippen molar-refractivity contribution in [3.63, 3.8) is 0 Å². The van der Waals surface area contributed by atoms with Gasteiger partial charge in [0, 0.05) is 18.2 Å². The van der Waals surface area contributed by atoms with E-state index in [0.29, 0.717) is 17.7 Å². The summed E-state index contributed by atoms with van der Waals surface area (Å²) in [5, 5.41) is 6.42. The van der Waals surface area contributed by atoms with Gasteiger partial charge in [0.15, 0.2) is 11.5 Å². The quantitative estimate of drug-likeness (QED) is 0.737. The Labute approximate surface area is 147 Å². The van der Waals surface area contributed by atoms with Crippen LogP contribution in [0.5, 0.6) is 0 Å². The Morgan fingerprint density at radius 1 is 1.04 bits per heavy atom. The zero-order valence-electron chi connectivity index (χ0n) is 13.6. The largest absolute Gasteiger partial charge is 0.416 e. The first-order valence-corrected chi connectivity index (χ1v) is 7.90. The molecule has 0 aliphatic heterocycles. The summed E-state index contributed by atoms with van der Waals surface area (Å²) in [4.78, 5) is 12.1. The molecular formula is C19H15F3N2O2. The van der Waals surface area contributed by atoms with E-state index in [4.69, 9.17) is 4.52 Å². The average Bonchev–Trinajstić information content (AvgIpc) is 3.12. The Hall–Kier alpha value is -3.09. The van der Waals surface area contributed by atoms with Gasteiger partial charge in [0.2, 0.25) is 0 Å². The minimum atomic E-state index is -4.35. The lowest BCUT2D eigenvalue weighted by Crippen LogP contribution is -2.25. The van der Waals surface area contributed by atoms with Gasteiger partial charge in [-0.3, -0.25) is 4.79 Å². The van der Waals surface area contributed by atoms with Crippen LogP contribution in [0.25, 0.3) is 11.3 Å². The summed E-state index contributed by atoms with van der Waals surface area (Å²) in [5.41, 5.74) is 0.963. The molecule has 0 aliphatic carbocycles. The third-order valence-corrected chi connectivity index (χ3v) is 3.78. The summed E-state index contributed by atoms with van der Waals surface area (Å²) in [6.45, 7) is 0.276. The molecule has 3 rings (SSSR count). The summed E-state index contributed by atoms with van der Waals surface area (Å²) >= 11 is 0. The molecule has 0 spiro atoms. The van der Waals surface area contributed by atoms with Crippen LogP contribution in [0.1, 0.15) is 21.6 Å². The van der Waals surface area contributed by atoms with Crippen LogP contribution < -0.4 is 5.32 Å². The number of benzene rings is 2. The highest BCUT2D eigenvalue weighted by Crippen LogP contribution is 2.29. The lowest BCUT2D eigenvalue weighted by atomic mass is 10.1. The van der Waals surface area contributed by atoms with Crippen LogP contribution in [0.15, 0.2) is 65.2 Å².